The molecular weight excluding hydrogens is 326 g/mol. The summed E-state index contributed by atoms with van der Waals surface area (Å²) in [4.78, 5) is 11.8. The molecule has 26 heavy (non-hydrogen) atoms. The number of nitrogens with zero attached hydrogens (tertiary/aromatic N) is 5. The highest BCUT2D eigenvalue weighted by atomic mass is 15.3. The van der Waals surface area contributed by atoms with E-state index >= 15 is 0 Å². The summed E-state index contributed by atoms with van der Waals surface area (Å²) in [6.45, 7) is 7.02. The number of nitrogens with one attached hydrogen (secondary N) is 2. The Labute approximate surface area is 157 Å². The van der Waals surface area contributed by atoms with Gasteiger partial charge in [0.1, 0.15) is 18.7 Å². The summed E-state index contributed by atoms with van der Waals surface area (Å²) in [5.41, 5.74) is 0.305. The molecular formula is C19H35N7. The molecule has 7 nitrogen and oxygen atoms in total. The van der Waals surface area contributed by atoms with E-state index in [0.717, 1.165) is 24.9 Å². The van der Waals surface area contributed by atoms with Gasteiger partial charge in [0.05, 0.1) is 0 Å². The summed E-state index contributed by atoms with van der Waals surface area (Å²) in [6, 6.07) is 0. The van der Waals surface area contributed by atoms with Crippen LogP contribution < -0.4 is 10.6 Å². The molecule has 3 rings (SSSR count). The Morgan fingerprint density at radius 3 is 2.50 bits per heavy atom. The molecule has 0 bridgehead atoms. The van der Waals surface area contributed by atoms with Crippen molar-refractivity contribution in [2.24, 2.45) is 12.0 Å². The third-order valence-corrected chi connectivity index (χ3v) is 5.92. The van der Waals surface area contributed by atoms with Gasteiger partial charge in [0.15, 0.2) is 5.96 Å². The second-order valence-corrected chi connectivity index (χ2v) is 7.68. The number of piperidine rings is 1. The Balaban J connectivity index is 1.65. The minimum absolute atomic E-state index is 0.305. The monoisotopic (exact) mass is 361 g/mol. The van der Waals surface area contributed by atoms with E-state index in [4.69, 9.17) is 4.99 Å². The zero-order valence-corrected chi connectivity index (χ0v) is 16.5. The lowest BCUT2D eigenvalue weighted by atomic mass is 9.79. The second kappa shape index (κ2) is 9.35. The van der Waals surface area contributed by atoms with E-state index in [-0.39, 0.29) is 0 Å². The Bertz CT molecular complexity index is 568. The smallest absolute Gasteiger partial charge is 0.191 e. The van der Waals surface area contributed by atoms with Crippen LogP contribution in [-0.2, 0) is 13.6 Å². The minimum atomic E-state index is 0.305. The van der Waals surface area contributed by atoms with Gasteiger partial charge in [0.2, 0.25) is 0 Å². The van der Waals surface area contributed by atoms with Crippen LogP contribution in [0.25, 0.3) is 0 Å². The lowest BCUT2D eigenvalue weighted by Gasteiger charge is -2.48. The van der Waals surface area contributed by atoms with Crippen LogP contribution in [0.15, 0.2) is 11.3 Å². The first-order valence-corrected chi connectivity index (χ1v) is 10.3. The Morgan fingerprint density at radius 2 is 1.85 bits per heavy atom. The lowest BCUT2D eigenvalue weighted by molar-refractivity contribution is 0.0368. The molecule has 1 aromatic rings. The SMILES string of the molecule is CCNC(=NCc1ncnn1C)NCC1(N2CCCCC2)CCCCC1. The maximum atomic E-state index is 4.73. The molecule has 2 aliphatic rings. The zero-order chi connectivity index (χ0) is 18.2. The summed E-state index contributed by atoms with van der Waals surface area (Å²) < 4.78 is 1.78. The number of aliphatic imine (C=N–C) groups is 1. The van der Waals surface area contributed by atoms with Gasteiger partial charge < -0.3 is 10.6 Å². The van der Waals surface area contributed by atoms with Crippen LogP contribution in [0.4, 0.5) is 0 Å². The summed E-state index contributed by atoms with van der Waals surface area (Å²) in [6.07, 6.45) is 12.4. The average Bonchev–Trinajstić information content (AvgIpc) is 3.10. The summed E-state index contributed by atoms with van der Waals surface area (Å²) >= 11 is 0. The van der Waals surface area contributed by atoms with Crippen molar-refractivity contribution in [1.82, 2.24) is 30.3 Å². The third-order valence-electron chi connectivity index (χ3n) is 5.92. The van der Waals surface area contributed by atoms with Crippen LogP contribution in [0.2, 0.25) is 0 Å². The van der Waals surface area contributed by atoms with Gasteiger partial charge >= 0.3 is 0 Å². The van der Waals surface area contributed by atoms with Crippen molar-refractivity contribution < 1.29 is 0 Å². The van der Waals surface area contributed by atoms with Gasteiger partial charge in [0.25, 0.3) is 0 Å². The minimum Gasteiger partial charge on any atom is -0.357 e. The lowest BCUT2D eigenvalue weighted by Crippen LogP contribution is -2.59. The van der Waals surface area contributed by atoms with Crippen LogP contribution in [0.3, 0.4) is 0 Å². The topological polar surface area (TPSA) is 70.4 Å². The van der Waals surface area contributed by atoms with Gasteiger partial charge in [-0.15, -0.1) is 0 Å². The predicted octanol–water partition coefficient (Wildman–Crippen LogP) is 2.06. The first-order chi connectivity index (χ1) is 12.7. The molecule has 0 atom stereocenters. The fourth-order valence-electron chi connectivity index (χ4n) is 4.39. The molecule has 1 aromatic heterocycles. The van der Waals surface area contributed by atoms with E-state index < -0.39 is 0 Å². The van der Waals surface area contributed by atoms with Crippen LogP contribution in [-0.4, -0.2) is 57.3 Å². The molecule has 2 N–H and O–H groups in total. The summed E-state index contributed by atoms with van der Waals surface area (Å²) in [5.74, 6) is 1.77. The number of guanidine groups is 1. The zero-order valence-electron chi connectivity index (χ0n) is 16.5. The normalized spacial score (nSPS) is 21.5. The standard InChI is InChI=1S/C19H35N7/c1-3-20-18(21-14-17-23-16-24-25(17)2)22-15-19(10-6-4-7-11-19)26-12-8-5-9-13-26/h16H,3-15H2,1-2H3,(H2,20,21,22). The molecule has 0 amide bonds. The first-order valence-electron chi connectivity index (χ1n) is 10.3. The van der Waals surface area contributed by atoms with Crippen molar-refractivity contribution in [3.63, 3.8) is 0 Å². The van der Waals surface area contributed by atoms with Crippen LogP contribution in [0.5, 0.6) is 0 Å². The fourth-order valence-corrected chi connectivity index (χ4v) is 4.39. The van der Waals surface area contributed by atoms with Crippen molar-refractivity contribution >= 4 is 5.96 Å². The molecule has 1 saturated heterocycles. The van der Waals surface area contributed by atoms with Gasteiger partial charge in [-0.25, -0.2) is 9.98 Å². The van der Waals surface area contributed by atoms with E-state index in [9.17, 15) is 0 Å². The van der Waals surface area contributed by atoms with Crippen molar-refractivity contribution in [2.75, 3.05) is 26.2 Å². The molecule has 0 unspecified atom stereocenters. The van der Waals surface area contributed by atoms with Crippen LogP contribution >= 0.6 is 0 Å². The molecule has 146 valence electrons. The number of rotatable bonds is 6. The highest BCUT2D eigenvalue weighted by Gasteiger charge is 2.38. The molecule has 1 aliphatic heterocycles. The summed E-state index contributed by atoms with van der Waals surface area (Å²) in [5, 5.41) is 11.2. The van der Waals surface area contributed by atoms with Crippen LogP contribution in [0, 0.1) is 0 Å². The largest absolute Gasteiger partial charge is 0.357 e. The Morgan fingerprint density at radius 1 is 1.12 bits per heavy atom. The first kappa shape index (κ1) is 19.1. The summed E-state index contributed by atoms with van der Waals surface area (Å²) in [7, 11) is 1.91. The van der Waals surface area contributed by atoms with Crippen molar-refractivity contribution in [2.45, 2.75) is 70.4 Å². The molecule has 1 saturated carbocycles. The number of hydrogen-bond donors (Lipinski definition) is 2. The van der Waals surface area contributed by atoms with E-state index in [0.29, 0.717) is 12.1 Å². The van der Waals surface area contributed by atoms with E-state index in [1.54, 1.807) is 11.0 Å². The fraction of sp³-hybridized carbons (Fsp3) is 0.842. The predicted molar refractivity (Wildman–Crippen MR) is 105 cm³/mol. The molecule has 2 fully saturated rings. The van der Waals surface area contributed by atoms with E-state index in [2.05, 4.69) is 32.5 Å². The molecule has 0 radical (unpaired) electrons. The Kier molecular flexibility index (Phi) is 6.88. The Hall–Kier alpha value is -1.63. The van der Waals surface area contributed by atoms with Gasteiger partial charge in [-0.3, -0.25) is 9.58 Å². The maximum Gasteiger partial charge on any atom is 0.191 e. The van der Waals surface area contributed by atoms with Crippen molar-refractivity contribution in [1.29, 1.82) is 0 Å². The number of aryl methyl sites for hydroxylation is 1. The third kappa shape index (κ3) is 4.75. The van der Waals surface area contributed by atoms with Gasteiger partial charge in [0, 0.05) is 25.7 Å². The highest BCUT2D eigenvalue weighted by Crippen LogP contribution is 2.35. The number of aromatic nitrogens is 3. The van der Waals surface area contributed by atoms with Gasteiger partial charge in [-0.2, -0.15) is 5.10 Å². The van der Waals surface area contributed by atoms with Crippen molar-refractivity contribution in [3.05, 3.63) is 12.2 Å². The highest BCUT2D eigenvalue weighted by molar-refractivity contribution is 5.79. The van der Waals surface area contributed by atoms with Crippen molar-refractivity contribution in [3.8, 4) is 0 Å². The second-order valence-electron chi connectivity index (χ2n) is 7.68. The molecule has 0 spiro atoms. The van der Waals surface area contributed by atoms with E-state index in [1.807, 2.05) is 7.05 Å². The van der Waals surface area contributed by atoms with Crippen LogP contribution in [0.1, 0.15) is 64.1 Å². The number of hydrogen-bond acceptors (Lipinski definition) is 4. The van der Waals surface area contributed by atoms with Gasteiger partial charge in [-0.05, 0) is 45.7 Å². The molecule has 7 heteroatoms. The number of likely N-dealkylation sites (tertiary alicyclic amines) is 1. The molecule has 0 aromatic carbocycles. The van der Waals surface area contributed by atoms with Gasteiger partial charge in [-0.1, -0.05) is 25.7 Å². The quantitative estimate of drug-likeness (QED) is 0.599. The maximum absolute atomic E-state index is 4.73. The molecule has 2 heterocycles. The molecule has 1 aliphatic carbocycles. The average molecular weight is 362 g/mol. The van der Waals surface area contributed by atoms with E-state index in [1.165, 1.54) is 64.5 Å².